The molecular formula is C29H36ClN3O7. The average Bonchev–Trinajstić information content (AvgIpc) is 3.22. The fourth-order valence-electron chi connectivity index (χ4n) is 7.51. The molecule has 0 radical (unpaired) electrons. The first-order valence-corrected chi connectivity index (χ1v) is 14.1. The molecule has 6 atom stereocenters. The molecule has 1 heterocycles. The van der Waals surface area contributed by atoms with Gasteiger partial charge < -0.3 is 26.2 Å². The Balaban J connectivity index is 1.62. The summed E-state index contributed by atoms with van der Waals surface area (Å²) in [6.45, 7) is 4.82. The number of benzene rings is 1. The number of allylic oxidation sites excluding steroid dienone is 1. The molecule has 1 amide bonds. The van der Waals surface area contributed by atoms with Crippen LogP contribution in [0.1, 0.15) is 61.0 Å². The van der Waals surface area contributed by atoms with Crippen molar-refractivity contribution >= 4 is 29.1 Å². The number of phenols is 1. The second-order valence-corrected chi connectivity index (χ2v) is 12.2. The Labute approximate surface area is 237 Å². The highest BCUT2D eigenvalue weighted by Gasteiger charge is 2.63. The van der Waals surface area contributed by atoms with Crippen molar-refractivity contribution in [3.63, 3.8) is 0 Å². The molecule has 1 aromatic rings. The van der Waals surface area contributed by atoms with Gasteiger partial charge in [-0.15, -0.1) is 0 Å². The maximum atomic E-state index is 13.8. The molecule has 5 rings (SSSR count). The average molecular weight is 574 g/mol. The topological polar surface area (TPSA) is 165 Å². The van der Waals surface area contributed by atoms with Crippen molar-refractivity contribution in [2.24, 2.45) is 17.6 Å². The van der Waals surface area contributed by atoms with Crippen molar-refractivity contribution in [2.75, 3.05) is 14.1 Å². The van der Waals surface area contributed by atoms with E-state index in [2.05, 4.69) is 18.7 Å². The van der Waals surface area contributed by atoms with E-state index in [4.69, 9.17) is 17.3 Å². The number of likely N-dealkylation sites (tertiary alicyclic amines) is 1. The second-order valence-electron chi connectivity index (χ2n) is 11.8. The third kappa shape index (κ3) is 3.91. The number of nitrogens with two attached hydrogens (primary N) is 1. The Kier molecular flexibility index (Phi) is 7.06. The molecule has 1 saturated heterocycles. The Bertz CT molecular complexity index is 1390. The molecule has 11 heteroatoms. The van der Waals surface area contributed by atoms with Gasteiger partial charge in [0, 0.05) is 35.1 Å². The largest absolute Gasteiger partial charge is 0.510 e. The smallest absolute Gasteiger partial charge is 0.255 e. The van der Waals surface area contributed by atoms with E-state index in [-0.39, 0.29) is 29.7 Å². The van der Waals surface area contributed by atoms with Crippen LogP contribution in [0.2, 0.25) is 5.02 Å². The van der Waals surface area contributed by atoms with Crippen LogP contribution in [0.25, 0.3) is 0 Å². The van der Waals surface area contributed by atoms with Gasteiger partial charge in [0.2, 0.25) is 5.78 Å². The normalized spacial score (nSPS) is 32.4. The first-order chi connectivity index (χ1) is 18.7. The summed E-state index contributed by atoms with van der Waals surface area (Å²) in [5.74, 6) is -6.76. The molecule has 40 heavy (non-hydrogen) atoms. The summed E-state index contributed by atoms with van der Waals surface area (Å²) in [5.41, 5.74) is 2.77. The zero-order valence-corrected chi connectivity index (χ0v) is 23.8. The van der Waals surface area contributed by atoms with Gasteiger partial charge in [-0.1, -0.05) is 18.5 Å². The van der Waals surface area contributed by atoms with Crippen molar-refractivity contribution in [1.82, 2.24) is 9.80 Å². The van der Waals surface area contributed by atoms with Crippen LogP contribution in [0.4, 0.5) is 0 Å². The molecule has 6 N–H and O–H groups in total. The number of carbonyl (C=O) groups excluding carboxylic acids is 3. The number of rotatable bonds is 5. The highest BCUT2D eigenvalue weighted by Crippen LogP contribution is 2.53. The number of carbonyl (C=O) groups is 3. The van der Waals surface area contributed by atoms with Gasteiger partial charge in [-0.05, 0) is 76.2 Å². The number of fused-ring (bicyclic) bond motifs is 3. The number of aromatic hydroxyl groups is 1. The summed E-state index contributed by atoms with van der Waals surface area (Å²) in [6.07, 6.45) is 3.32. The summed E-state index contributed by atoms with van der Waals surface area (Å²) in [5, 5.41) is 45.4. The van der Waals surface area contributed by atoms with Gasteiger partial charge in [-0.2, -0.15) is 0 Å². The molecule has 0 aromatic heterocycles. The van der Waals surface area contributed by atoms with Crippen LogP contribution in [-0.4, -0.2) is 85.5 Å². The van der Waals surface area contributed by atoms with Crippen LogP contribution in [0.5, 0.6) is 5.75 Å². The van der Waals surface area contributed by atoms with E-state index in [9.17, 15) is 34.8 Å². The van der Waals surface area contributed by atoms with E-state index in [1.165, 1.54) is 11.0 Å². The van der Waals surface area contributed by atoms with Gasteiger partial charge in [0.15, 0.2) is 11.4 Å². The molecule has 0 spiro atoms. The highest BCUT2D eigenvalue weighted by molar-refractivity contribution is 6.33. The van der Waals surface area contributed by atoms with Crippen LogP contribution >= 0.6 is 11.6 Å². The number of hydrogen-bond acceptors (Lipinski definition) is 9. The van der Waals surface area contributed by atoms with Gasteiger partial charge in [0.1, 0.15) is 22.8 Å². The number of ketones is 2. The van der Waals surface area contributed by atoms with Crippen molar-refractivity contribution in [3.8, 4) is 5.75 Å². The Morgan fingerprint density at radius 1 is 1.23 bits per heavy atom. The number of Topliss-reactive ketones (excluding diaryl/α,β-unsaturated/α-hetero) is 2. The predicted molar refractivity (Wildman–Crippen MR) is 147 cm³/mol. The molecule has 216 valence electrons. The van der Waals surface area contributed by atoms with E-state index in [1.54, 1.807) is 14.1 Å². The number of hydrogen-bond donors (Lipinski definition) is 5. The van der Waals surface area contributed by atoms with Crippen LogP contribution in [0.3, 0.4) is 0 Å². The number of phenolic OH excluding ortho intramolecular Hbond substituents is 1. The lowest BCUT2D eigenvalue weighted by Crippen LogP contribution is -2.63. The fourth-order valence-corrected chi connectivity index (χ4v) is 7.80. The summed E-state index contributed by atoms with van der Waals surface area (Å²) in [4.78, 5) is 43.2. The van der Waals surface area contributed by atoms with Crippen molar-refractivity contribution in [2.45, 2.75) is 76.2 Å². The van der Waals surface area contributed by atoms with E-state index in [1.807, 2.05) is 0 Å². The van der Waals surface area contributed by atoms with Gasteiger partial charge >= 0.3 is 0 Å². The maximum absolute atomic E-state index is 13.8. The lowest BCUT2D eigenvalue weighted by atomic mass is 9.58. The molecule has 1 aromatic carbocycles. The van der Waals surface area contributed by atoms with E-state index in [0.29, 0.717) is 34.8 Å². The summed E-state index contributed by atoms with van der Waals surface area (Å²) >= 11 is 6.91. The second kappa shape index (κ2) is 9.87. The number of aliphatic hydroxyl groups excluding tert-OH is 2. The summed E-state index contributed by atoms with van der Waals surface area (Å²) in [7, 11) is 3.19. The number of nitrogens with zero attached hydrogens (tertiary/aromatic N) is 2. The minimum atomic E-state index is -2.66. The number of primary amides is 1. The lowest BCUT2D eigenvalue weighted by Gasteiger charge is -2.50. The van der Waals surface area contributed by atoms with Crippen LogP contribution in [-0.2, 0) is 22.6 Å². The third-order valence-corrected chi connectivity index (χ3v) is 9.98. The summed E-state index contributed by atoms with van der Waals surface area (Å²) < 4.78 is 0. The van der Waals surface area contributed by atoms with Crippen LogP contribution in [0.15, 0.2) is 28.7 Å². The van der Waals surface area contributed by atoms with Gasteiger partial charge in [0.25, 0.3) is 5.91 Å². The minimum absolute atomic E-state index is 0.0220. The van der Waals surface area contributed by atoms with Crippen LogP contribution < -0.4 is 5.73 Å². The molecule has 1 aliphatic heterocycles. The SMILES string of the molecule is CC[C@@H]1CC[C@@H](C)N1Cc1cc(O)c2c(c1Cl)C[C@H]1C[C@H]3[C@H](N(C)C)C(O)=C(C(N)=O)C(=O)[C@@]3(O)C(O)=C1C2=O. The predicted octanol–water partition coefficient (Wildman–Crippen LogP) is 2.54. The monoisotopic (exact) mass is 573 g/mol. The molecule has 10 nitrogen and oxygen atoms in total. The van der Waals surface area contributed by atoms with E-state index in [0.717, 1.165) is 19.3 Å². The molecular weight excluding hydrogens is 538 g/mol. The zero-order chi connectivity index (χ0) is 29.4. The molecule has 4 aliphatic rings. The first-order valence-electron chi connectivity index (χ1n) is 13.7. The lowest BCUT2D eigenvalue weighted by molar-refractivity contribution is -0.148. The van der Waals surface area contributed by atoms with E-state index >= 15 is 0 Å². The first kappa shape index (κ1) is 28.6. The molecule has 3 aliphatic carbocycles. The Morgan fingerprint density at radius 2 is 1.90 bits per heavy atom. The van der Waals surface area contributed by atoms with Crippen molar-refractivity contribution < 1.29 is 34.8 Å². The Hall–Kier alpha value is -2.92. The fraction of sp³-hybridized carbons (Fsp3) is 0.552. The summed E-state index contributed by atoms with van der Waals surface area (Å²) in [6, 6.07) is 1.19. The van der Waals surface area contributed by atoms with E-state index < -0.39 is 58.0 Å². The van der Waals surface area contributed by atoms with Crippen molar-refractivity contribution in [3.05, 3.63) is 50.4 Å². The molecule has 0 saturated carbocycles. The quantitative estimate of drug-likeness (QED) is 0.333. The van der Waals surface area contributed by atoms with Crippen molar-refractivity contribution in [1.29, 1.82) is 0 Å². The zero-order valence-electron chi connectivity index (χ0n) is 23.1. The molecule has 0 unspecified atom stereocenters. The molecule has 1 fully saturated rings. The third-order valence-electron chi connectivity index (χ3n) is 9.51. The van der Waals surface area contributed by atoms with Gasteiger partial charge in [0.05, 0.1) is 11.6 Å². The molecule has 0 bridgehead atoms. The number of halogens is 1. The van der Waals surface area contributed by atoms with Gasteiger partial charge in [-0.3, -0.25) is 24.2 Å². The Morgan fingerprint density at radius 3 is 2.50 bits per heavy atom. The van der Waals surface area contributed by atoms with Gasteiger partial charge in [-0.25, -0.2) is 0 Å². The standard InChI is InChI=1S/C29H36ClN3O7/c1-5-15-7-6-12(2)33(15)11-14-10-18(34)20-16(22(14)30)8-13-9-17-23(32(3)4)25(36)21(28(31)39)27(38)29(17,40)26(37)19(13)24(20)35/h10,12-13,15,17,23,34,36-37,40H,5-9,11H2,1-4H3,(H2,31,39)/t12-,13+,15-,17+,23+,29+/m1/s1. The number of aliphatic hydroxyl groups is 3. The highest BCUT2D eigenvalue weighted by atomic mass is 35.5. The van der Waals surface area contributed by atoms with Crippen LogP contribution in [0, 0.1) is 11.8 Å². The maximum Gasteiger partial charge on any atom is 0.255 e. The number of likely N-dealkylation sites (N-methyl/N-ethyl adjacent to an activating group) is 1. The minimum Gasteiger partial charge on any atom is -0.510 e. The number of amides is 1.